The van der Waals surface area contributed by atoms with Gasteiger partial charge in [0.1, 0.15) is 0 Å². The maximum Gasteiger partial charge on any atom is 0.0682 e. The Morgan fingerprint density at radius 1 is 1.05 bits per heavy atom. The van der Waals surface area contributed by atoms with Crippen LogP contribution in [0.25, 0.3) is 21.8 Å². The van der Waals surface area contributed by atoms with Crippen LogP contribution in [-0.4, -0.2) is 9.67 Å². The van der Waals surface area contributed by atoms with Gasteiger partial charge in [-0.15, -0.1) is 0 Å². The molecule has 1 N–H and O–H groups in total. The van der Waals surface area contributed by atoms with Gasteiger partial charge >= 0.3 is 0 Å². The van der Waals surface area contributed by atoms with E-state index < -0.39 is 0 Å². The Balaban J connectivity index is 2.59. The minimum Gasteiger partial charge on any atom is -0.392 e. The summed E-state index contributed by atoms with van der Waals surface area (Å²) >= 11 is 0. The van der Waals surface area contributed by atoms with E-state index in [9.17, 15) is 5.11 Å². The Bertz CT molecular complexity index is 796. The number of rotatable bonds is 2. The van der Waals surface area contributed by atoms with Gasteiger partial charge in [0.05, 0.1) is 12.1 Å². The van der Waals surface area contributed by atoms with Gasteiger partial charge in [0, 0.05) is 22.3 Å². The minimum absolute atomic E-state index is 0.0924. The van der Waals surface area contributed by atoms with Crippen molar-refractivity contribution in [2.75, 3.05) is 0 Å². The average molecular weight is 267 g/mol. The fourth-order valence-electron chi connectivity index (χ4n) is 3.20. The Kier molecular flexibility index (Phi) is 3.06. The first-order valence-electron chi connectivity index (χ1n) is 7.18. The van der Waals surface area contributed by atoms with E-state index in [0.29, 0.717) is 6.04 Å². The van der Waals surface area contributed by atoms with Gasteiger partial charge < -0.3 is 9.67 Å². The maximum atomic E-state index is 9.40. The predicted octanol–water partition coefficient (Wildman–Crippen LogP) is 4.48. The van der Waals surface area contributed by atoms with Gasteiger partial charge in [-0.25, -0.2) is 0 Å². The Hall–Kier alpha value is -1.80. The number of benzene rings is 2. The highest BCUT2D eigenvalue weighted by molar-refractivity contribution is 6.11. The van der Waals surface area contributed by atoms with Crippen molar-refractivity contribution in [3.05, 3.63) is 47.0 Å². The Morgan fingerprint density at radius 2 is 1.75 bits per heavy atom. The fourth-order valence-corrected chi connectivity index (χ4v) is 3.20. The quantitative estimate of drug-likeness (QED) is 0.727. The molecule has 3 rings (SSSR count). The van der Waals surface area contributed by atoms with Crippen molar-refractivity contribution >= 4 is 21.8 Å². The van der Waals surface area contributed by atoms with Crippen LogP contribution in [0.1, 0.15) is 36.6 Å². The molecule has 2 heteroatoms. The molecule has 0 fully saturated rings. The summed E-state index contributed by atoms with van der Waals surface area (Å²) in [5.74, 6) is 0. The summed E-state index contributed by atoms with van der Waals surface area (Å²) in [6.45, 7) is 8.88. The summed E-state index contributed by atoms with van der Waals surface area (Å²) in [4.78, 5) is 0. The molecule has 0 spiro atoms. The number of aromatic nitrogens is 1. The first-order chi connectivity index (χ1) is 9.54. The van der Waals surface area contributed by atoms with Crippen molar-refractivity contribution in [3.63, 3.8) is 0 Å². The molecule has 0 unspecified atom stereocenters. The molecule has 0 bridgehead atoms. The minimum atomic E-state index is 0.0924. The molecule has 2 nitrogen and oxygen atoms in total. The van der Waals surface area contributed by atoms with Gasteiger partial charge in [0.2, 0.25) is 0 Å². The molecular weight excluding hydrogens is 246 g/mol. The second-order valence-corrected chi connectivity index (χ2v) is 5.90. The summed E-state index contributed by atoms with van der Waals surface area (Å²) in [5, 5.41) is 12.0. The number of hydrogen-bond donors (Lipinski definition) is 1. The first-order valence-corrected chi connectivity index (χ1v) is 7.18. The van der Waals surface area contributed by atoms with Crippen LogP contribution < -0.4 is 0 Å². The lowest BCUT2D eigenvalue weighted by atomic mass is 10.0. The van der Waals surface area contributed by atoms with Crippen LogP contribution in [0.2, 0.25) is 0 Å². The Labute approximate surface area is 119 Å². The van der Waals surface area contributed by atoms with E-state index in [1.54, 1.807) is 0 Å². The SMILES string of the molecule is Cc1ccc(C)c2c1c1cc(CO)ccc1n2C(C)C. The van der Waals surface area contributed by atoms with Crippen LogP contribution in [0.4, 0.5) is 0 Å². The molecule has 0 amide bonds. The van der Waals surface area contributed by atoms with Crippen molar-refractivity contribution in [1.29, 1.82) is 0 Å². The van der Waals surface area contributed by atoms with E-state index in [1.807, 2.05) is 6.07 Å². The van der Waals surface area contributed by atoms with Crippen LogP contribution >= 0.6 is 0 Å². The van der Waals surface area contributed by atoms with E-state index in [2.05, 4.69) is 56.5 Å². The molecule has 0 atom stereocenters. The van der Waals surface area contributed by atoms with E-state index >= 15 is 0 Å². The normalized spacial score (nSPS) is 11.9. The van der Waals surface area contributed by atoms with Crippen LogP contribution in [0.5, 0.6) is 0 Å². The third-order valence-electron chi connectivity index (χ3n) is 4.12. The highest BCUT2D eigenvalue weighted by Gasteiger charge is 2.16. The third kappa shape index (κ3) is 1.75. The van der Waals surface area contributed by atoms with Gasteiger partial charge in [-0.2, -0.15) is 0 Å². The van der Waals surface area contributed by atoms with Gasteiger partial charge in [-0.05, 0) is 56.5 Å². The second kappa shape index (κ2) is 4.64. The van der Waals surface area contributed by atoms with Crippen LogP contribution in [0.15, 0.2) is 30.3 Å². The first kappa shape index (κ1) is 13.2. The van der Waals surface area contributed by atoms with Crippen molar-refractivity contribution in [2.45, 2.75) is 40.3 Å². The largest absolute Gasteiger partial charge is 0.392 e. The van der Waals surface area contributed by atoms with Crippen molar-refractivity contribution < 1.29 is 5.11 Å². The topological polar surface area (TPSA) is 25.2 Å². The molecule has 0 radical (unpaired) electrons. The summed E-state index contributed by atoms with van der Waals surface area (Å²) in [5.41, 5.74) is 6.15. The second-order valence-electron chi connectivity index (χ2n) is 5.90. The zero-order valence-corrected chi connectivity index (χ0v) is 12.6. The fraction of sp³-hybridized carbons (Fsp3) is 0.333. The maximum absolute atomic E-state index is 9.40. The van der Waals surface area contributed by atoms with E-state index in [1.165, 1.54) is 32.9 Å². The molecule has 0 saturated carbocycles. The molecule has 20 heavy (non-hydrogen) atoms. The lowest BCUT2D eigenvalue weighted by molar-refractivity contribution is 0.282. The zero-order chi connectivity index (χ0) is 14.4. The summed E-state index contributed by atoms with van der Waals surface area (Å²) in [7, 11) is 0. The van der Waals surface area contributed by atoms with E-state index in [4.69, 9.17) is 0 Å². The molecule has 0 aliphatic rings. The summed E-state index contributed by atoms with van der Waals surface area (Å²) < 4.78 is 2.41. The monoisotopic (exact) mass is 267 g/mol. The summed E-state index contributed by atoms with van der Waals surface area (Å²) in [6, 6.07) is 11.1. The van der Waals surface area contributed by atoms with Crippen molar-refractivity contribution in [2.24, 2.45) is 0 Å². The number of fused-ring (bicyclic) bond motifs is 3. The van der Waals surface area contributed by atoms with Gasteiger partial charge in [-0.1, -0.05) is 18.2 Å². The number of hydrogen-bond acceptors (Lipinski definition) is 1. The molecule has 0 saturated heterocycles. The van der Waals surface area contributed by atoms with Crippen LogP contribution in [-0.2, 0) is 6.61 Å². The van der Waals surface area contributed by atoms with E-state index in [-0.39, 0.29) is 6.61 Å². The van der Waals surface area contributed by atoms with Gasteiger partial charge in [0.15, 0.2) is 0 Å². The summed E-state index contributed by atoms with van der Waals surface area (Å²) in [6.07, 6.45) is 0. The van der Waals surface area contributed by atoms with Crippen molar-refractivity contribution in [3.8, 4) is 0 Å². The molecular formula is C18H21NO. The van der Waals surface area contributed by atoms with E-state index in [0.717, 1.165) is 5.56 Å². The molecule has 1 aromatic heterocycles. The third-order valence-corrected chi connectivity index (χ3v) is 4.12. The number of aliphatic hydroxyl groups excluding tert-OH is 1. The van der Waals surface area contributed by atoms with Gasteiger partial charge in [0.25, 0.3) is 0 Å². The van der Waals surface area contributed by atoms with Gasteiger partial charge in [-0.3, -0.25) is 0 Å². The zero-order valence-electron chi connectivity index (χ0n) is 12.6. The number of aliphatic hydroxyl groups is 1. The Morgan fingerprint density at radius 3 is 2.40 bits per heavy atom. The molecule has 0 aliphatic heterocycles. The molecule has 104 valence electrons. The molecule has 0 aliphatic carbocycles. The van der Waals surface area contributed by atoms with Crippen LogP contribution in [0.3, 0.4) is 0 Å². The van der Waals surface area contributed by atoms with Crippen molar-refractivity contribution in [1.82, 2.24) is 4.57 Å². The lowest BCUT2D eigenvalue weighted by Gasteiger charge is -2.13. The highest BCUT2D eigenvalue weighted by Crippen LogP contribution is 2.36. The highest BCUT2D eigenvalue weighted by atomic mass is 16.3. The molecule has 3 aromatic rings. The smallest absolute Gasteiger partial charge is 0.0682 e. The predicted molar refractivity (Wildman–Crippen MR) is 85.2 cm³/mol. The lowest BCUT2D eigenvalue weighted by Crippen LogP contribution is -2.01. The average Bonchev–Trinajstić information content (AvgIpc) is 2.78. The molecule has 2 aromatic carbocycles. The van der Waals surface area contributed by atoms with Crippen LogP contribution in [0, 0.1) is 13.8 Å². The molecule has 1 heterocycles. The standard InChI is InChI=1S/C18H21NO/c1-11(2)19-16-8-7-14(10-20)9-15(16)17-12(3)5-6-13(4)18(17)19/h5-9,11,20H,10H2,1-4H3. The number of aryl methyl sites for hydroxylation is 2. The number of nitrogens with zero attached hydrogens (tertiary/aromatic N) is 1.